The Hall–Kier alpha value is -0.650. The molecule has 0 aliphatic carbocycles. The summed E-state index contributed by atoms with van der Waals surface area (Å²) in [5.74, 6) is -0.722. The van der Waals surface area contributed by atoms with E-state index in [2.05, 4.69) is 16.8 Å². The first-order chi connectivity index (χ1) is 8.03. The minimum absolute atomic E-state index is 0.356. The summed E-state index contributed by atoms with van der Waals surface area (Å²) in [5, 5.41) is 9.27. The van der Waals surface area contributed by atoms with E-state index in [0.29, 0.717) is 25.8 Å². The molecule has 5 heteroatoms. The third-order valence-electron chi connectivity index (χ3n) is 3.99. The van der Waals surface area contributed by atoms with Gasteiger partial charge in [0.15, 0.2) is 0 Å². The number of ether oxygens (including phenoxy) is 1. The van der Waals surface area contributed by atoms with Gasteiger partial charge < -0.3 is 19.6 Å². The van der Waals surface area contributed by atoms with Crippen molar-refractivity contribution in [3.8, 4) is 0 Å². The van der Waals surface area contributed by atoms with Crippen molar-refractivity contribution in [1.29, 1.82) is 0 Å². The number of carboxylic acids is 1. The van der Waals surface area contributed by atoms with Crippen molar-refractivity contribution in [3.05, 3.63) is 0 Å². The quantitative estimate of drug-likeness (QED) is 0.758. The van der Waals surface area contributed by atoms with Crippen LogP contribution in [0.4, 0.5) is 0 Å². The molecular formula is C12H22N2O3. The van der Waals surface area contributed by atoms with Crippen LogP contribution in [0.2, 0.25) is 0 Å². The van der Waals surface area contributed by atoms with Gasteiger partial charge in [0.05, 0.1) is 13.2 Å². The molecule has 2 saturated heterocycles. The number of hydrogen-bond donors (Lipinski definition) is 1. The summed E-state index contributed by atoms with van der Waals surface area (Å²) in [6, 6.07) is 0.477. The molecule has 0 aromatic heterocycles. The number of likely N-dealkylation sites (N-methyl/N-ethyl adjacent to an activating group) is 2. The first-order valence-corrected chi connectivity index (χ1v) is 6.23. The van der Waals surface area contributed by atoms with Gasteiger partial charge in [0, 0.05) is 19.1 Å². The Balaban J connectivity index is 1.91. The Labute approximate surface area is 102 Å². The molecule has 1 unspecified atom stereocenters. The molecule has 17 heavy (non-hydrogen) atoms. The van der Waals surface area contributed by atoms with Crippen molar-refractivity contribution < 1.29 is 14.6 Å². The molecular weight excluding hydrogens is 220 g/mol. The van der Waals surface area contributed by atoms with E-state index in [9.17, 15) is 9.90 Å². The highest BCUT2D eigenvalue weighted by atomic mass is 16.5. The number of aliphatic carboxylic acids is 1. The number of carboxylic acid groups (broad SMARTS) is 1. The summed E-state index contributed by atoms with van der Waals surface area (Å²) >= 11 is 0. The molecule has 0 aromatic carbocycles. The smallest absolute Gasteiger partial charge is 0.315 e. The van der Waals surface area contributed by atoms with Gasteiger partial charge in [-0.25, -0.2) is 0 Å². The normalized spacial score (nSPS) is 29.0. The van der Waals surface area contributed by atoms with E-state index in [1.165, 1.54) is 6.42 Å². The van der Waals surface area contributed by atoms with E-state index < -0.39 is 11.4 Å². The SMILES string of the molecule is CN1CCCC(N(C)CC2(C(=O)O)COC2)C1. The van der Waals surface area contributed by atoms with Crippen LogP contribution in [0, 0.1) is 5.41 Å². The molecule has 2 aliphatic heterocycles. The van der Waals surface area contributed by atoms with Gasteiger partial charge in [0.2, 0.25) is 0 Å². The van der Waals surface area contributed by atoms with E-state index in [0.717, 1.165) is 19.5 Å². The van der Waals surface area contributed by atoms with Crippen molar-refractivity contribution in [2.75, 3.05) is 46.9 Å². The monoisotopic (exact) mass is 242 g/mol. The van der Waals surface area contributed by atoms with Gasteiger partial charge >= 0.3 is 5.97 Å². The minimum Gasteiger partial charge on any atom is -0.481 e. The third-order valence-corrected chi connectivity index (χ3v) is 3.99. The molecule has 5 nitrogen and oxygen atoms in total. The van der Waals surface area contributed by atoms with Crippen LogP contribution in [-0.2, 0) is 9.53 Å². The Bertz CT molecular complexity index is 291. The molecule has 1 N–H and O–H groups in total. The van der Waals surface area contributed by atoms with E-state index in [1.54, 1.807) is 0 Å². The maximum absolute atomic E-state index is 11.3. The largest absolute Gasteiger partial charge is 0.481 e. The number of hydrogen-bond acceptors (Lipinski definition) is 4. The molecule has 2 fully saturated rings. The second-order valence-electron chi connectivity index (χ2n) is 5.55. The van der Waals surface area contributed by atoms with Crippen molar-refractivity contribution in [1.82, 2.24) is 9.80 Å². The fraction of sp³-hybridized carbons (Fsp3) is 0.917. The number of piperidine rings is 1. The van der Waals surface area contributed by atoms with E-state index >= 15 is 0 Å². The lowest BCUT2D eigenvalue weighted by Gasteiger charge is -2.43. The maximum Gasteiger partial charge on any atom is 0.315 e. The molecule has 1 atom stereocenters. The molecule has 2 rings (SSSR count). The Kier molecular flexibility index (Phi) is 3.70. The fourth-order valence-electron chi connectivity index (χ4n) is 2.74. The van der Waals surface area contributed by atoms with Crippen LogP contribution in [0.15, 0.2) is 0 Å². The van der Waals surface area contributed by atoms with Crippen molar-refractivity contribution in [3.63, 3.8) is 0 Å². The summed E-state index contributed by atoms with van der Waals surface area (Å²) in [5.41, 5.74) is -0.662. The number of nitrogens with zero attached hydrogens (tertiary/aromatic N) is 2. The molecule has 0 aromatic rings. The average Bonchev–Trinajstić information content (AvgIpc) is 2.22. The highest BCUT2D eigenvalue weighted by Crippen LogP contribution is 2.30. The summed E-state index contributed by atoms with van der Waals surface area (Å²) in [7, 11) is 4.16. The first-order valence-electron chi connectivity index (χ1n) is 6.23. The maximum atomic E-state index is 11.3. The van der Waals surface area contributed by atoms with Gasteiger partial charge in [-0.05, 0) is 33.5 Å². The fourth-order valence-corrected chi connectivity index (χ4v) is 2.74. The van der Waals surface area contributed by atoms with Crippen LogP contribution in [0.5, 0.6) is 0 Å². The molecule has 98 valence electrons. The zero-order chi connectivity index (χ0) is 12.5. The third kappa shape index (κ3) is 2.61. The van der Waals surface area contributed by atoms with Gasteiger partial charge in [-0.15, -0.1) is 0 Å². The Morgan fingerprint density at radius 2 is 2.29 bits per heavy atom. The highest BCUT2D eigenvalue weighted by Gasteiger charge is 2.47. The van der Waals surface area contributed by atoms with Crippen LogP contribution < -0.4 is 0 Å². The van der Waals surface area contributed by atoms with Crippen molar-refractivity contribution in [2.45, 2.75) is 18.9 Å². The van der Waals surface area contributed by atoms with Crippen LogP contribution in [0.25, 0.3) is 0 Å². The molecule has 2 aliphatic rings. The zero-order valence-corrected chi connectivity index (χ0v) is 10.7. The van der Waals surface area contributed by atoms with Gasteiger partial charge in [-0.3, -0.25) is 4.79 Å². The standard InChI is InChI=1S/C12H22N2O3/c1-13-5-3-4-10(6-13)14(2)7-12(11(15)16)8-17-9-12/h10H,3-9H2,1-2H3,(H,15,16). The van der Waals surface area contributed by atoms with E-state index in [1.807, 2.05) is 7.05 Å². The predicted molar refractivity (Wildman–Crippen MR) is 64.0 cm³/mol. The molecule has 0 bridgehead atoms. The number of rotatable bonds is 4. The molecule has 2 heterocycles. The van der Waals surface area contributed by atoms with Gasteiger partial charge in [0.25, 0.3) is 0 Å². The lowest BCUT2D eigenvalue weighted by atomic mass is 9.85. The number of likely N-dealkylation sites (tertiary alicyclic amines) is 1. The summed E-state index contributed by atoms with van der Waals surface area (Å²) < 4.78 is 5.09. The summed E-state index contributed by atoms with van der Waals surface area (Å²) in [6.45, 7) is 3.50. The van der Waals surface area contributed by atoms with Gasteiger partial charge in [0.1, 0.15) is 5.41 Å². The van der Waals surface area contributed by atoms with Gasteiger partial charge in [-0.2, -0.15) is 0 Å². The summed E-state index contributed by atoms with van der Waals surface area (Å²) in [4.78, 5) is 15.8. The summed E-state index contributed by atoms with van der Waals surface area (Å²) in [6.07, 6.45) is 2.36. The zero-order valence-electron chi connectivity index (χ0n) is 10.7. The van der Waals surface area contributed by atoms with Crippen LogP contribution in [0.3, 0.4) is 0 Å². The molecule has 0 spiro atoms. The second kappa shape index (κ2) is 4.92. The molecule has 0 radical (unpaired) electrons. The average molecular weight is 242 g/mol. The Morgan fingerprint density at radius 3 is 2.76 bits per heavy atom. The molecule has 0 amide bonds. The molecule has 0 saturated carbocycles. The Morgan fingerprint density at radius 1 is 1.59 bits per heavy atom. The topological polar surface area (TPSA) is 53.0 Å². The minimum atomic E-state index is -0.722. The predicted octanol–water partition coefficient (Wildman–Crippen LogP) is 0.114. The van der Waals surface area contributed by atoms with Crippen LogP contribution >= 0.6 is 0 Å². The van der Waals surface area contributed by atoms with Crippen molar-refractivity contribution in [2.24, 2.45) is 5.41 Å². The van der Waals surface area contributed by atoms with Crippen LogP contribution in [0.1, 0.15) is 12.8 Å². The van der Waals surface area contributed by atoms with Gasteiger partial charge in [-0.1, -0.05) is 0 Å². The first kappa shape index (κ1) is 12.8. The second-order valence-corrected chi connectivity index (χ2v) is 5.55. The number of carbonyl (C=O) groups is 1. The van der Waals surface area contributed by atoms with Crippen LogP contribution in [-0.4, -0.2) is 73.9 Å². The van der Waals surface area contributed by atoms with E-state index in [-0.39, 0.29) is 0 Å². The lowest BCUT2D eigenvalue weighted by Crippen LogP contribution is -2.58. The van der Waals surface area contributed by atoms with E-state index in [4.69, 9.17) is 4.74 Å². The van der Waals surface area contributed by atoms with Crippen molar-refractivity contribution >= 4 is 5.97 Å². The lowest BCUT2D eigenvalue weighted by molar-refractivity contribution is -0.184. The highest BCUT2D eigenvalue weighted by molar-refractivity contribution is 5.76.